The number of nitrogens with two attached hydrogens (primary N) is 1. The number of anilines is 1. The molecule has 2 rings (SSSR count). The number of carbonyl (C=O) groups is 1. The molecule has 0 heterocycles. The second-order valence-corrected chi connectivity index (χ2v) is 7.13. The summed E-state index contributed by atoms with van der Waals surface area (Å²) in [5.41, 5.74) is 8.47. The molecule has 1 aromatic rings. The number of amides is 1. The standard InChI is InChI=1S/C16H24N2O2/c1-15(2,3)20-14(19)18-13-9-16(4,5)12-7-6-10(17)8-11(12)13/h6-8,13H,9,17H2,1-5H3,(H,18,19)/t13-/m1/s1. The predicted octanol–water partition coefficient (Wildman–Crippen LogP) is 3.52. The Labute approximate surface area is 120 Å². The monoisotopic (exact) mass is 276 g/mol. The quantitative estimate of drug-likeness (QED) is 0.771. The number of carbonyl (C=O) groups excluding carboxylic acids is 1. The molecule has 1 aliphatic carbocycles. The fourth-order valence-electron chi connectivity index (χ4n) is 2.79. The lowest BCUT2D eigenvalue weighted by atomic mass is 9.86. The van der Waals surface area contributed by atoms with Crippen LogP contribution in [0, 0.1) is 0 Å². The molecule has 0 spiro atoms. The largest absolute Gasteiger partial charge is 0.444 e. The third-order valence-electron chi connectivity index (χ3n) is 3.59. The van der Waals surface area contributed by atoms with Gasteiger partial charge >= 0.3 is 6.09 Å². The molecule has 0 aliphatic heterocycles. The van der Waals surface area contributed by atoms with Gasteiger partial charge in [0, 0.05) is 5.69 Å². The van der Waals surface area contributed by atoms with Crippen molar-refractivity contribution in [2.45, 2.75) is 58.1 Å². The molecular formula is C16H24N2O2. The summed E-state index contributed by atoms with van der Waals surface area (Å²) < 4.78 is 5.33. The molecule has 0 saturated heterocycles. The molecule has 0 fully saturated rings. The van der Waals surface area contributed by atoms with E-state index < -0.39 is 5.60 Å². The van der Waals surface area contributed by atoms with E-state index in [1.165, 1.54) is 5.56 Å². The highest BCUT2D eigenvalue weighted by molar-refractivity contribution is 5.69. The highest BCUT2D eigenvalue weighted by Gasteiger charge is 2.38. The second-order valence-electron chi connectivity index (χ2n) is 7.13. The van der Waals surface area contributed by atoms with Gasteiger partial charge in [-0.3, -0.25) is 0 Å². The highest BCUT2D eigenvalue weighted by Crippen LogP contribution is 2.45. The Morgan fingerprint density at radius 3 is 2.65 bits per heavy atom. The molecule has 1 atom stereocenters. The second kappa shape index (κ2) is 4.69. The van der Waals surface area contributed by atoms with Crippen LogP contribution in [0.25, 0.3) is 0 Å². The number of rotatable bonds is 1. The lowest BCUT2D eigenvalue weighted by Gasteiger charge is -2.23. The Bertz CT molecular complexity index is 530. The van der Waals surface area contributed by atoms with E-state index in [0.29, 0.717) is 0 Å². The number of hydrogen-bond acceptors (Lipinski definition) is 3. The van der Waals surface area contributed by atoms with Crippen molar-refractivity contribution in [2.24, 2.45) is 0 Å². The number of nitrogen functional groups attached to an aromatic ring is 1. The smallest absolute Gasteiger partial charge is 0.408 e. The van der Waals surface area contributed by atoms with Crippen molar-refractivity contribution in [3.05, 3.63) is 29.3 Å². The topological polar surface area (TPSA) is 64.3 Å². The Morgan fingerprint density at radius 1 is 1.40 bits per heavy atom. The van der Waals surface area contributed by atoms with Crippen LogP contribution in [0.2, 0.25) is 0 Å². The van der Waals surface area contributed by atoms with E-state index in [4.69, 9.17) is 10.5 Å². The van der Waals surface area contributed by atoms with Crippen LogP contribution in [0.4, 0.5) is 10.5 Å². The molecule has 1 aromatic carbocycles. The van der Waals surface area contributed by atoms with Gasteiger partial charge in [-0.25, -0.2) is 4.79 Å². The fraction of sp³-hybridized carbons (Fsp3) is 0.562. The molecule has 20 heavy (non-hydrogen) atoms. The molecule has 0 saturated carbocycles. The molecule has 0 unspecified atom stereocenters. The van der Waals surface area contributed by atoms with Gasteiger partial charge in [0.25, 0.3) is 0 Å². The summed E-state index contributed by atoms with van der Waals surface area (Å²) >= 11 is 0. The van der Waals surface area contributed by atoms with Crippen molar-refractivity contribution in [3.8, 4) is 0 Å². The molecule has 3 N–H and O–H groups in total. The first-order valence-corrected chi connectivity index (χ1v) is 6.98. The predicted molar refractivity (Wildman–Crippen MR) is 80.6 cm³/mol. The minimum Gasteiger partial charge on any atom is -0.444 e. The van der Waals surface area contributed by atoms with Crippen LogP contribution in [0.5, 0.6) is 0 Å². The first-order valence-electron chi connectivity index (χ1n) is 6.98. The Kier molecular flexibility index (Phi) is 3.44. The maximum atomic E-state index is 12.0. The van der Waals surface area contributed by atoms with Gasteiger partial charge in [-0.15, -0.1) is 0 Å². The van der Waals surface area contributed by atoms with Crippen molar-refractivity contribution >= 4 is 11.8 Å². The maximum Gasteiger partial charge on any atom is 0.408 e. The first kappa shape index (κ1) is 14.7. The Balaban J connectivity index is 2.20. The number of benzene rings is 1. The van der Waals surface area contributed by atoms with Crippen LogP contribution in [0.1, 0.15) is 58.2 Å². The van der Waals surface area contributed by atoms with Crippen molar-refractivity contribution in [2.75, 3.05) is 5.73 Å². The van der Waals surface area contributed by atoms with Gasteiger partial charge < -0.3 is 15.8 Å². The summed E-state index contributed by atoms with van der Waals surface area (Å²) in [5, 5.41) is 2.96. The zero-order valence-electron chi connectivity index (χ0n) is 12.9. The minimum absolute atomic E-state index is 0.0305. The molecule has 0 aromatic heterocycles. The highest BCUT2D eigenvalue weighted by atomic mass is 16.6. The van der Waals surface area contributed by atoms with Gasteiger partial charge in [-0.2, -0.15) is 0 Å². The molecule has 1 amide bonds. The summed E-state index contributed by atoms with van der Waals surface area (Å²) in [5.74, 6) is 0. The molecule has 0 radical (unpaired) electrons. The SMILES string of the molecule is CC(C)(C)OC(=O)N[C@@H]1CC(C)(C)c2ccc(N)cc21. The van der Waals surface area contributed by atoms with Crippen molar-refractivity contribution < 1.29 is 9.53 Å². The third-order valence-corrected chi connectivity index (χ3v) is 3.59. The average molecular weight is 276 g/mol. The van der Waals surface area contributed by atoms with Crippen LogP contribution < -0.4 is 11.1 Å². The average Bonchev–Trinajstić information content (AvgIpc) is 2.47. The third kappa shape index (κ3) is 3.06. The number of hydrogen-bond donors (Lipinski definition) is 2. The summed E-state index contributed by atoms with van der Waals surface area (Å²) in [6.45, 7) is 9.93. The van der Waals surface area contributed by atoms with Crippen molar-refractivity contribution in [3.63, 3.8) is 0 Å². The maximum absolute atomic E-state index is 12.0. The van der Waals surface area contributed by atoms with Crippen LogP contribution in [-0.2, 0) is 10.2 Å². The van der Waals surface area contributed by atoms with E-state index in [9.17, 15) is 4.79 Å². The molecular weight excluding hydrogens is 252 g/mol. The Hall–Kier alpha value is -1.71. The zero-order chi connectivity index (χ0) is 15.1. The fourth-order valence-corrected chi connectivity index (χ4v) is 2.79. The van der Waals surface area contributed by atoms with Gasteiger partial charge in [-0.1, -0.05) is 19.9 Å². The number of ether oxygens (including phenoxy) is 1. The van der Waals surface area contributed by atoms with Crippen LogP contribution in [0.3, 0.4) is 0 Å². The van der Waals surface area contributed by atoms with E-state index >= 15 is 0 Å². The van der Waals surface area contributed by atoms with Gasteiger partial charge in [0.2, 0.25) is 0 Å². The first-order chi connectivity index (χ1) is 9.08. The number of nitrogens with one attached hydrogen (secondary N) is 1. The van der Waals surface area contributed by atoms with E-state index in [1.54, 1.807) is 0 Å². The molecule has 0 bridgehead atoms. The van der Waals surface area contributed by atoms with Crippen molar-refractivity contribution in [1.82, 2.24) is 5.32 Å². The van der Waals surface area contributed by atoms with Crippen molar-refractivity contribution in [1.29, 1.82) is 0 Å². The molecule has 1 aliphatic rings. The normalized spacial score (nSPS) is 20.4. The van der Waals surface area contributed by atoms with Crippen LogP contribution in [-0.4, -0.2) is 11.7 Å². The summed E-state index contributed by atoms with van der Waals surface area (Å²) in [6, 6.07) is 5.88. The zero-order valence-corrected chi connectivity index (χ0v) is 12.9. The molecule has 110 valence electrons. The van der Waals surface area contributed by atoms with Gasteiger partial charge in [0.15, 0.2) is 0 Å². The van der Waals surface area contributed by atoms with Gasteiger partial charge in [-0.05, 0) is 55.9 Å². The molecule has 4 heteroatoms. The summed E-state index contributed by atoms with van der Waals surface area (Å²) in [4.78, 5) is 12.0. The van der Waals surface area contributed by atoms with Crippen LogP contribution >= 0.6 is 0 Å². The molecule has 4 nitrogen and oxygen atoms in total. The summed E-state index contributed by atoms with van der Waals surface area (Å²) in [7, 11) is 0. The van der Waals surface area contributed by atoms with Gasteiger partial charge in [0.05, 0.1) is 6.04 Å². The number of fused-ring (bicyclic) bond motifs is 1. The summed E-state index contributed by atoms with van der Waals surface area (Å²) in [6.07, 6.45) is 0.471. The van der Waals surface area contributed by atoms with Crippen LogP contribution in [0.15, 0.2) is 18.2 Å². The van der Waals surface area contributed by atoms with E-state index in [1.807, 2.05) is 32.9 Å². The lowest BCUT2D eigenvalue weighted by molar-refractivity contribution is 0.0501. The minimum atomic E-state index is -0.489. The van der Waals surface area contributed by atoms with E-state index in [2.05, 4.69) is 25.2 Å². The lowest BCUT2D eigenvalue weighted by Crippen LogP contribution is -2.34. The van der Waals surface area contributed by atoms with E-state index in [-0.39, 0.29) is 17.6 Å². The Morgan fingerprint density at radius 2 is 2.05 bits per heavy atom. The number of alkyl carbamates (subject to hydrolysis) is 1. The van der Waals surface area contributed by atoms with E-state index in [0.717, 1.165) is 17.7 Å². The van der Waals surface area contributed by atoms with Gasteiger partial charge in [0.1, 0.15) is 5.60 Å².